The number of rotatable bonds is 4. The third-order valence-electron chi connectivity index (χ3n) is 3.59. The zero-order chi connectivity index (χ0) is 19.9. The van der Waals surface area contributed by atoms with Gasteiger partial charge in [-0.3, -0.25) is 14.9 Å². The molecule has 0 fully saturated rings. The first kappa shape index (κ1) is 19.2. The molecule has 1 aromatic heterocycles. The summed E-state index contributed by atoms with van der Waals surface area (Å²) in [6.07, 6.45) is 1.09. The van der Waals surface area contributed by atoms with Crippen LogP contribution in [0.5, 0.6) is 0 Å². The third kappa shape index (κ3) is 3.77. The minimum atomic E-state index is -3.38. The third-order valence-corrected chi connectivity index (χ3v) is 6.03. The SMILES string of the molecule is CS(=O)(=O)c1ccc2nc(NC(=O)c3ccc(F)c(C(N)=O)c3Cl)sc2c1. The second kappa shape index (κ2) is 6.87. The number of hydrogen-bond acceptors (Lipinski definition) is 6. The first-order valence-electron chi connectivity index (χ1n) is 7.27. The summed E-state index contributed by atoms with van der Waals surface area (Å²) in [4.78, 5) is 28.1. The monoisotopic (exact) mass is 427 g/mol. The number of amides is 2. The number of carbonyl (C=O) groups is 2. The minimum Gasteiger partial charge on any atom is -0.365 e. The molecule has 0 aliphatic carbocycles. The Labute approximate surface area is 161 Å². The van der Waals surface area contributed by atoms with Crippen molar-refractivity contribution in [3.05, 3.63) is 52.3 Å². The van der Waals surface area contributed by atoms with E-state index >= 15 is 0 Å². The van der Waals surface area contributed by atoms with Crippen LogP contribution in [0.2, 0.25) is 5.02 Å². The number of primary amides is 1. The largest absolute Gasteiger partial charge is 0.365 e. The van der Waals surface area contributed by atoms with Crippen molar-refractivity contribution < 1.29 is 22.4 Å². The number of fused-ring (bicyclic) bond motifs is 1. The number of anilines is 1. The van der Waals surface area contributed by atoms with Crippen LogP contribution in [-0.2, 0) is 9.84 Å². The van der Waals surface area contributed by atoms with Gasteiger partial charge in [-0.1, -0.05) is 22.9 Å². The number of sulfone groups is 1. The molecule has 3 aromatic rings. The lowest BCUT2D eigenvalue weighted by molar-refractivity contribution is 0.0996. The Balaban J connectivity index is 1.95. The normalized spacial score (nSPS) is 11.5. The van der Waals surface area contributed by atoms with Gasteiger partial charge >= 0.3 is 0 Å². The molecule has 3 rings (SSSR count). The molecule has 2 aromatic carbocycles. The molecule has 0 aliphatic rings. The quantitative estimate of drug-likeness (QED) is 0.663. The molecule has 11 heteroatoms. The molecule has 0 radical (unpaired) electrons. The van der Waals surface area contributed by atoms with Gasteiger partial charge in [0.1, 0.15) is 5.82 Å². The summed E-state index contributed by atoms with van der Waals surface area (Å²) in [6.45, 7) is 0. The van der Waals surface area contributed by atoms with Crippen molar-refractivity contribution >= 4 is 59.9 Å². The average Bonchev–Trinajstić information content (AvgIpc) is 2.94. The summed E-state index contributed by atoms with van der Waals surface area (Å²) in [5, 5.41) is 2.27. The predicted molar refractivity (Wildman–Crippen MR) is 101 cm³/mol. The highest BCUT2D eigenvalue weighted by Gasteiger charge is 2.21. The maximum absolute atomic E-state index is 13.7. The van der Waals surface area contributed by atoms with E-state index in [1.54, 1.807) is 0 Å². The van der Waals surface area contributed by atoms with Gasteiger partial charge in [-0.2, -0.15) is 0 Å². The lowest BCUT2D eigenvalue weighted by atomic mass is 10.1. The van der Waals surface area contributed by atoms with Crippen LogP contribution in [0.4, 0.5) is 9.52 Å². The van der Waals surface area contributed by atoms with Crippen LogP contribution in [0.1, 0.15) is 20.7 Å². The predicted octanol–water partition coefficient (Wildman–Crippen LogP) is 2.84. The van der Waals surface area contributed by atoms with Crippen molar-refractivity contribution in [2.24, 2.45) is 5.73 Å². The highest BCUT2D eigenvalue weighted by atomic mass is 35.5. The van der Waals surface area contributed by atoms with E-state index in [9.17, 15) is 22.4 Å². The Morgan fingerprint density at radius 1 is 1.26 bits per heavy atom. The van der Waals surface area contributed by atoms with Crippen LogP contribution in [-0.4, -0.2) is 31.5 Å². The summed E-state index contributed by atoms with van der Waals surface area (Å²) in [7, 11) is -3.38. The van der Waals surface area contributed by atoms with Crippen molar-refractivity contribution in [2.45, 2.75) is 4.90 Å². The van der Waals surface area contributed by atoms with Crippen LogP contribution >= 0.6 is 22.9 Å². The number of benzene rings is 2. The number of hydrogen-bond donors (Lipinski definition) is 2. The molecule has 0 unspecified atom stereocenters. The molecule has 27 heavy (non-hydrogen) atoms. The number of aromatic nitrogens is 1. The van der Waals surface area contributed by atoms with Crippen molar-refractivity contribution in [1.82, 2.24) is 4.98 Å². The van der Waals surface area contributed by atoms with Crippen LogP contribution in [0, 0.1) is 5.82 Å². The Morgan fingerprint density at radius 2 is 1.96 bits per heavy atom. The second-order valence-electron chi connectivity index (χ2n) is 5.52. The van der Waals surface area contributed by atoms with Gasteiger partial charge < -0.3 is 5.73 Å². The van der Waals surface area contributed by atoms with Gasteiger partial charge in [-0.25, -0.2) is 17.8 Å². The zero-order valence-corrected chi connectivity index (χ0v) is 16.0. The molecule has 0 saturated heterocycles. The second-order valence-corrected chi connectivity index (χ2v) is 8.95. The summed E-state index contributed by atoms with van der Waals surface area (Å²) < 4.78 is 37.5. The number of thiazole rings is 1. The molecule has 1 heterocycles. The molecule has 0 spiro atoms. The molecular weight excluding hydrogens is 417 g/mol. The van der Waals surface area contributed by atoms with Gasteiger partial charge in [0.15, 0.2) is 15.0 Å². The summed E-state index contributed by atoms with van der Waals surface area (Å²) in [5.41, 5.74) is 4.85. The van der Waals surface area contributed by atoms with E-state index in [4.69, 9.17) is 17.3 Å². The molecule has 0 saturated carbocycles. The maximum atomic E-state index is 13.7. The maximum Gasteiger partial charge on any atom is 0.258 e. The van der Waals surface area contributed by atoms with E-state index < -0.39 is 38.1 Å². The Kier molecular flexibility index (Phi) is 4.89. The Bertz CT molecular complexity index is 1210. The van der Waals surface area contributed by atoms with Crippen molar-refractivity contribution in [3.63, 3.8) is 0 Å². The molecule has 0 aliphatic heterocycles. The number of carbonyl (C=O) groups excluding carboxylic acids is 2. The van der Waals surface area contributed by atoms with Gasteiger partial charge in [-0.05, 0) is 30.3 Å². The highest BCUT2D eigenvalue weighted by molar-refractivity contribution is 7.90. The van der Waals surface area contributed by atoms with E-state index in [2.05, 4.69) is 10.3 Å². The molecule has 2 amide bonds. The van der Waals surface area contributed by atoms with Crippen LogP contribution < -0.4 is 11.1 Å². The number of nitrogens with zero attached hydrogens (tertiary/aromatic N) is 1. The van der Waals surface area contributed by atoms with Crippen LogP contribution in [0.25, 0.3) is 10.2 Å². The van der Waals surface area contributed by atoms with Crippen LogP contribution in [0.15, 0.2) is 35.2 Å². The lowest BCUT2D eigenvalue weighted by Gasteiger charge is -2.07. The highest BCUT2D eigenvalue weighted by Crippen LogP contribution is 2.30. The molecule has 3 N–H and O–H groups in total. The molecule has 7 nitrogen and oxygen atoms in total. The Morgan fingerprint density at radius 3 is 2.59 bits per heavy atom. The Hall–Kier alpha value is -2.56. The van der Waals surface area contributed by atoms with Crippen molar-refractivity contribution in [1.29, 1.82) is 0 Å². The number of halogens is 2. The van der Waals surface area contributed by atoms with Gasteiger partial charge in [0.05, 0.1) is 31.3 Å². The number of nitrogens with one attached hydrogen (secondary N) is 1. The minimum absolute atomic E-state index is 0.129. The van der Waals surface area contributed by atoms with E-state index in [0.29, 0.717) is 10.2 Å². The van der Waals surface area contributed by atoms with Gasteiger partial charge in [0.2, 0.25) is 0 Å². The van der Waals surface area contributed by atoms with E-state index in [1.807, 2.05) is 0 Å². The molecular formula is C16H11ClFN3O4S2. The topological polar surface area (TPSA) is 119 Å². The summed E-state index contributed by atoms with van der Waals surface area (Å²) in [6, 6.07) is 6.42. The fourth-order valence-corrected chi connectivity index (χ4v) is 4.26. The van der Waals surface area contributed by atoms with E-state index in [1.165, 1.54) is 18.2 Å². The van der Waals surface area contributed by atoms with E-state index in [0.717, 1.165) is 29.7 Å². The first-order valence-corrected chi connectivity index (χ1v) is 10.4. The standard InChI is InChI=1S/C16H11ClFN3O4S2/c1-27(24,25)7-2-5-10-11(6-7)26-16(20-10)21-15(23)8-3-4-9(18)12(13(8)17)14(19)22/h2-6H,1H3,(H2,19,22)(H,20,21,23). The smallest absolute Gasteiger partial charge is 0.258 e. The van der Waals surface area contributed by atoms with Gasteiger partial charge in [-0.15, -0.1) is 0 Å². The fourth-order valence-electron chi connectivity index (χ4n) is 2.31. The summed E-state index contributed by atoms with van der Waals surface area (Å²) in [5.74, 6) is -2.75. The number of nitrogens with two attached hydrogens (primary N) is 1. The zero-order valence-electron chi connectivity index (χ0n) is 13.6. The van der Waals surface area contributed by atoms with Crippen molar-refractivity contribution in [2.75, 3.05) is 11.6 Å². The lowest BCUT2D eigenvalue weighted by Crippen LogP contribution is -2.18. The van der Waals surface area contributed by atoms with Gasteiger partial charge in [0, 0.05) is 6.26 Å². The molecule has 140 valence electrons. The average molecular weight is 428 g/mol. The van der Waals surface area contributed by atoms with Crippen LogP contribution in [0.3, 0.4) is 0 Å². The summed E-state index contributed by atoms with van der Waals surface area (Å²) >= 11 is 6.99. The van der Waals surface area contributed by atoms with E-state index in [-0.39, 0.29) is 15.6 Å². The first-order chi connectivity index (χ1) is 12.6. The fraction of sp³-hybridized carbons (Fsp3) is 0.0625. The van der Waals surface area contributed by atoms with Crippen molar-refractivity contribution in [3.8, 4) is 0 Å². The molecule has 0 atom stereocenters. The van der Waals surface area contributed by atoms with Gasteiger partial charge in [0.25, 0.3) is 11.8 Å². The molecule has 0 bridgehead atoms.